The van der Waals surface area contributed by atoms with Crippen LogP contribution in [0.15, 0.2) is 18.2 Å². The summed E-state index contributed by atoms with van der Waals surface area (Å²) in [6.07, 6.45) is 0. The van der Waals surface area contributed by atoms with Crippen molar-refractivity contribution in [1.82, 2.24) is 5.32 Å². The number of aryl methyl sites for hydroxylation is 2. The Kier molecular flexibility index (Phi) is 3.75. The molecule has 0 fully saturated rings. The molecule has 0 saturated carbocycles. The van der Waals surface area contributed by atoms with Crippen molar-refractivity contribution >= 4 is 0 Å². The third kappa shape index (κ3) is 3.56. The summed E-state index contributed by atoms with van der Waals surface area (Å²) >= 11 is 0. The molecule has 2 nitrogen and oxygen atoms in total. The van der Waals surface area contributed by atoms with Gasteiger partial charge in [-0.15, -0.1) is 0 Å². The average Bonchev–Trinajstić information content (AvgIpc) is 2.20. The van der Waals surface area contributed by atoms with Crippen LogP contribution in [0.1, 0.15) is 25.0 Å². The molecular formula is C13H21NO. The van der Waals surface area contributed by atoms with E-state index in [9.17, 15) is 0 Å². The minimum absolute atomic E-state index is 0.0127. The van der Waals surface area contributed by atoms with Crippen LogP contribution in [0.3, 0.4) is 0 Å². The normalized spacial score (nSPS) is 11.5. The lowest BCUT2D eigenvalue weighted by Crippen LogP contribution is -2.42. The van der Waals surface area contributed by atoms with Gasteiger partial charge in [-0.25, -0.2) is 0 Å². The molecule has 0 aliphatic heterocycles. The van der Waals surface area contributed by atoms with Gasteiger partial charge < -0.3 is 10.1 Å². The maximum atomic E-state index is 5.74. The zero-order valence-corrected chi connectivity index (χ0v) is 10.3. The zero-order chi connectivity index (χ0) is 11.5. The van der Waals surface area contributed by atoms with Gasteiger partial charge in [0.1, 0.15) is 12.4 Å². The molecule has 0 bridgehead atoms. The molecule has 0 heterocycles. The number of likely N-dealkylation sites (N-methyl/N-ethyl adjacent to an activating group) is 1. The summed E-state index contributed by atoms with van der Waals surface area (Å²) in [5.74, 6) is 0.946. The number of hydrogen-bond donors (Lipinski definition) is 1. The molecule has 0 saturated heterocycles. The highest BCUT2D eigenvalue weighted by molar-refractivity contribution is 5.33. The maximum Gasteiger partial charge on any atom is 0.119 e. The fraction of sp³-hybridized carbons (Fsp3) is 0.538. The van der Waals surface area contributed by atoms with E-state index in [1.165, 1.54) is 11.1 Å². The van der Waals surface area contributed by atoms with Crippen LogP contribution < -0.4 is 10.1 Å². The predicted molar refractivity (Wildman–Crippen MR) is 64.5 cm³/mol. The third-order valence-corrected chi connectivity index (χ3v) is 2.75. The smallest absolute Gasteiger partial charge is 0.119 e. The summed E-state index contributed by atoms with van der Waals surface area (Å²) in [4.78, 5) is 0. The molecule has 0 atom stereocenters. The van der Waals surface area contributed by atoms with Crippen molar-refractivity contribution in [3.8, 4) is 5.75 Å². The number of nitrogens with one attached hydrogen (secondary N) is 1. The monoisotopic (exact) mass is 207 g/mol. The van der Waals surface area contributed by atoms with Crippen molar-refractivity contribution in [2.75, 3.05) is 13.7 Å². The van der Waals surface area contributed by atoms with Crippen molar-refractivity contribution in [3.05, 3.63) is 29.3 Å². The Morgan fingerprint density at radius 3 is 2.40 bits per heavy atom. The van der Waals surface area contributed by atoms with Crippen LogP contribution in [-0.4, -0.2) is 19.2 Å². The summed E-state index contributed by atoms with van der Waals surface area (Å²) in [7, 11) is 1.95. The maximum absolute atomic E-state index is 5.74. The Hall–Kier alpha value is -1.02. The van der Waals surface area contributed by atoms with Gasteiger partial charge in [0.15, 0.2) is 0 Å². The number of benzene rings is 1. The molecule has 1 aromatic carbocycles. The third-order valence-electron chi connectivity index (χ3n) is 2.75. The van der Waals surface area contributed by atoms with E-state index in [-0.39, 0.29) is 5.54 Å². The Morgan fingerprint density at radius 2 is 1.87 bits per heavy atom. The van der Waals surface area contributed by atoms with Gasteiger partial charge in [-0.05, 0) is 58.0 Å². The van der Waals surface area contributed by atoms with Gasteiger partial charge in [0, 0.05) is 5.54 Å². The lowest BCUT2D eigenvalue weighted by Gasteiger charge is -2.24. The molecule has 1 aromatic rings. The fourth-order valence-electron chi connectivity index (χ4n) is 1.14. The Morgan fingerprint density at radius 1 is 1.20 bits per heavy atom. The quantitative estimate of drug-likeness (QED) is 0.819. The molecule has 0 aliphatic rings. The van der Waals surface area contributed by atoms with Gasteiger partial charge in [-0.2, -0.15) is 0 Å². The summed E-state index contributed by atoms with van der Waals surface area (Å²) in [6, 6.07) is 6.20. The first-order valence-electron chi connectivity index (χ1n) is 5.33. The van der Waals surface area contributed by atoms with Gasteiger partial charge in [0.05, 0.1) is 0 Å². The highest BCUT2D eigenvalue weighted by atomic mass is 16.5. The Balaban J connectivity index is 2.62. The lowest BCUT2D eigenvalue weighted by atomic mass is 10.1. The summed E-state index contributed by atoms with van der Waals surface area (Å²) in [5, 5.41) is 3.21. The molecule has 0 radical (unpaired) electrons. The molecule has 1 rings (SSSR count). The van der Waals surface area contributed by atoms with E-state index in [2.05, 4.69) is 45.1 Å². The molecule has 0 unspecified atom stereocenters. The minimum atomic E-state index is 0.0127. The highest BCUT2D eigenvalue weighted by Crippen LogP contribution is 2.17. The molecule has 84 valence electrons. The zero-order valence-electron chi connectivity index (χ0n) is 10.3. The molecule has 0 amide bonds. The molecule has 0 aliphatic carbocycles. The largest absolute Gasteiger partial charge is 0.492 e. The summed E-state index contributed by atoms with van der Waals surface area (Å²) in [5.41, 5.74) is 2.59. The minimum Gasteiger partial charge on any atom is -0.492 e. The van der Waals surface area contributed by atoms with Crippen molar-refractivity contribution in [1.29, 1.82) is 0 Å². The second kappa shape index (κ2) is 4.67. The molecule has 1 N–H and O–H groups in total. The van der Waals surface area contributed by atoms with Crippen LogP contribution in [0.5, 0.6) is 5.75 Å². The van der Waals surface area contributed by atoms with Gasteiger partial charge in [-0.3, -0.25) is 0 Å². The van der Waals surface area contributed by atoms with Gasteiger partial charge in [0.2, 0.25) is 0 Å². The summed E-state index contributed by atoms with van der Waals surface area (Å²) < 4.78 is 5.74. The van der Waals surface area contributed by atoms with E-state index in [1.54, 1.807) is 0 Å². The average molecular weight is 207 g/mol. The van der Waals surface area contributed by atoms with Crippen LogP contribution in [0.25, 0.3) is 0 Å². The van der Waals surface area contributed by atoms with E-state index < -0.39 is 0 Å². The first kappa shape index (κ1) is 12.1. The van der Waals surface area contributed by atoms with E-state index >= 15 is 0 Å². The van der Waals surface area contributed by atoms with Gasteiger partial charge >= 0.3 is 0 Å². The van der Waals surface area contributed by atoms with Crippen LogP contribution >= 0.6 is 0 Å². The highest BCUT2D eigenvalue weighted by Gasteiger charge is 2.15. The van der Waals surface area contributed by atoms with Crippen molar-refractivity contribution in [2.24, 2.45) is 0 Å². The Bertz CT molecular complexity index is 331. The SMILES string of the molecule is CNC(C)(C)COc1ccc(C)c(C)c1. The topological polar surface area (TPSA) is 21.3 Å². The van der Waals surface area contributed by atoms with Crippen LogP contribution in [0.4, 0.5) is 0 Å². The van der Waals surface area contributed by atoms with Crippen LogP contribution in [0.2, 0.25) is 0 Å². The first-order chi connectivity index (χ1) is 6.94. The van der Waals surface area contributed by atoms with Gasteiger partial charge in [0.25, 0.3) is 0 Å². The Labute approximate surface area is 92.6 Å². The van der Waals surface area contributed by atoms with E-state index in [0.717, 1.165) is 5.75 Å². The summed E-state index contributed by atoms with van der Waals surface area (Å²) in [6.45, 7) is 9.12. The van der Waals surface area contributed by atoms with Crippen molar-refractivity contribution in [2.45, 2.75) is 33.2 Å². The van der Waals surface area contributed by atoms with Crippen molar-refractivity contribution in [3.63, 3.8) is 0 Å². The molecular weight excluding hydrogens is 186 g/mol. The second-order valence-electron chi connectivity index (χ2n) is 4.67. The van der Waals surface area contributed by atoms with E-state index in [1.807, 2.05) is 13.1 Å². The second-order valence-corrected chi connectivity index (χ2v) is 4.67. The number of rotatable bonds is 4. The molecule has 15 heavy (non-hydrogen) atoms. The molecule has 2 heteroatoms. The van der Waals surface area contributed by atoms with Crippen LogP contribution in [-0.2, 0) is 0 Å². The fourth-order valence-corrected chi connectivity index (χ4v) is 1.14. The van der Waals surface area contributed by atoms with Crippen LogP contribution in [0, 0.1) is 13.8 Å². The first-order valence-corrected chi connectivity index (χ1v) is 5.33. The van der Waals surface area contributed by atoms with E-state index in [4.69, 9.17) is 4.74 Å². The number of ether oxygens (including phenoxy) is 1. The molecule has 0 aromatic heterocycles. The van der Waals surface area contributed by atoms with Gasteiger partial charge in [-0.1, -0.05) is 6.07 Å². The predicted octanol–water partition coefficient (Wildman–Crippen LogP) is 2.68. The number of hydrogen-bond acceptors (Lipinski definition) is 2. The lowest BCUT2D eigenvalue weighted by molar-refractivity contribution is 0.217. The standard InChI is InChI=1S/C13H21NO/c1-10-6-7-12(8-11(10)2)15-9-13(3,4)14-5/h6-8,14H,9H2,1-5H3. The van der Waals surface area contributed by atoms with E-state index in [0.29, 0.717) is 6.61 Å². The molecule has 0 spiro atoms. The van der Waals surface area contributed by atoms with Crippen molar-refractivity contribution < 1.29 is 4.74 Å².